The molecule has 0 amide bonds. The van der Waals surface area contributed by atoms with Crippen LogP contribution in [0.2, 0.25) is 0 Å². The number of ether oxygens (including phenoxy) is 1. The Hall–Kier alpha value is -1.62. The van der Waals surface area contributed by atoms with Gasteiger partial charge < -0.3 is 15.4 Å². The van der Waals surface area contributed by atoms with Crippen LogP contribution in [0.1, 0.15) is 38.7 Å². The zero-order valence-corrected chi connectivity index (χ0v) is 15.3. The molecule has 3 aliphatic rings. The van der Waals surface area contributed by atoms with Crippen molar-refractivity contribution in [2.75, 3.05) is 20.2 Å². The first-order valence-corrected chi connectivity index (χ1v) is 9.32. The van der Waals surface area contributed by atoms with E-state index in [2.05, 4.69) is 29.5 Å². The van der Waals surface area contributed by atoms with Crippen molar-refractivity contribution in [2.24, 2.45) is 16.3 Å². The van der Waals surface area contributed by atoms with Crippen molar-refractivity contribution in [3.8, 4) is 0 Å². The standard InChI is InChI=1S/C20H28FN3O/c1-19(2)16(13-8-11-25-17(13)19)24-18(22-3)23-12-20(9-10-20)14-6-4-5-7-15(14)21/h4-7,13,16-17H,8-12H2,1-3H3,(H2,22,23,24). The number of aliphatic imine (C=N–C) groups is 1. The number of fused-ring (bicyclic) bond motifs is 1. The number of halogens is 1. The number of hydrogen-bond acceptors (Lipinski definition) is 2. The Morgan fingerprint density at radius 3 is 2.76 bits per heavy atom. The minimum Gasteiger partial charge on any atom is -0.377 e. The molecule has 1 saturated heterocycles. The van der Waals surface area contributed by atoms with Crippen molar-refractivity contribution in [1.82, 2.24) is 10.6 Å². The van der Waals surface area contributed by atoms with Crippen molar-refractivity contribution in [3.63, 3.8) is 0 Å². The second kappa shape index (κ2) is 5.97. The van der Waals surface area contributed by atoms with Crippen LogP contribution in [-0.2, 0) is 10.2 Å². The van der Waals surface area contributed by atoms with E-state index in [9.17, 15) is 4.39 Å². The molecule has 0 spiro atoms. The van der Waals surface area contributed by atoms with Gasteiger partial charge in [0.25, 0.3) is 0 Å². The summed E-state index contributed by atoms with van der Waals surface area (Å²) in [6.07, 6.45) is 3.51. The van der Waals surface area contributed by atoms with Crippen LogP contribution in [0, 0.1) is 17.2 Å². The van der Waals surface area contributed by atoms with Gasteiger partial charge in [-0.2, -0.15) is 0 Å². The molecule has 5 heteroatoms. The Kier molecular flexibility index (Phi) is 4.02. The SMILES string of the molecule is CN=C(NCC1(c2ccccc2F)CC1)NC1C2CCOC2C1(C)C. The number of hydrogen-bond donors (Lipinski definition) is 2. The Bertz CT molecular complexity index is 683. The molecule has 2 N–H and O–H groups in total. The number of nitrogens with zero attached hydrogens (tertiary/aromatic N) is 1. The molecule has 4 nitrogen and oxygen atoms in total. The molecule has 4 rings (SSSR count). The highest BCUT2D eigenvalue weighted by molar-refractivity contribution is 5.80. The lowest BCUT2D eigenvalue weighted by molar-refractivity contribution is -0.106. The fourth-order valence-electron chi connectivity index (χ4n) is 4.80. The first-order valence-electron chi connectivity index (χ1n) is 9.32. The second-order valence-electron chi connectivity index (χ2n) is 8.37. The van der Waals surface area contributed by atoms with E-state index >= 15 is 0 Å². The summed E-state index contributed by atoms with van der Waals surface area (Å²) in [7, 11) is 1.80. The van der Waals surface area contributed by atoms with Crippen LogP contribution in [-0.4, -0.2) is 38.3 Å². The molecule has 1 aliphatic heterocycles. The number of nitrogens with one attached hydrogen (secondary N) is 2. The van der Waals surface area contributed by atoms with E-state index in [1.165, 1.54) is 0 Å². The molecule has 0 bridgehead atoms. The van der Waals surface area contributed by atoms with E-state index in [1.54, 1.807) is 19.2 Å². The summed E-state index contributed by atoms with van der Waals surface area (Å²) in [5, 5.41) is 7.04. The van der Waals surface area contributed by atoms with Gasteiger partial charge in [-0.05, 0) is 30.9 Å². The smallest absolute Gasteiger partial charge is 0.191 e. The van der Waals surface area contributed by atoms with Gasteiger partial charge in [-0.15, -0.1) is 0 Å². The Morgan fingerprint density at radius 2 is 2.08 bits per heavy atom. The van der Waals surface area contributed by atoms with E-state index in [1.807, 2.05) is 12.1 Å². The molecule has 0 aromatic heterocycles. The Morgan fingerprint density at radius 1 is 1.32 bits per heavy atom. The van der Waals surface area contributed by atoms with Gasteiger partial charge in [0.2, 0.25) is 0 Å². The summed E-state index contributed by atoms with van der Waals surface area (Å²) in [5.74, 6) is 1.27. The minimum absolute atomic E-state index is 0.0862. The van der Waals surface area contributed by atoms with Crippen molar-refractivity contribution < 1.29 is 9.13 Å². The van der Waals surface area contributed by atoms with E-state index < -0.39 is 0 Å². The molecule has 3 unspecified atom stereocenters. The third-order valence-electron chi connectivity index (χ3n) is 6.51. The maximum absolute atomic E-state index is 14.2. The lowest BCUT2D eigenvalue weighted by atomic mass is 9.57. The van der Waals surface area contributed by atoms with Crippen LogP contribution in [0.3, 0.4) is 0 Å². The second-order valence-corrected chi connectivity index (χ2v) is 8.37. The van der Waals surface area contributed by atoms with Crippen LogP contribution < -0.4 is 10.6 Å². The third-order valence-corrected chi connectivity index (χ3v) is 6.51. The fraction of sp³-hybridized carbons (Fsp3) is 0.650. The lowest BCUT2D eigenvalue weighted by Crippen LogP contribution is -2.68. The van der Waals surface area contributed by atoms with Gasteiger partial charge >= 0.3 is 0 Å². The van der Waals surface area contributed by atoms with Crippen LogP contribution >= 0.6 is 0 Å². The highest BCUT2D eigenvalue weighted by Crippen LogP contribution is 2.52. The molecule has 136 valence electrons. The highest BCUT2D eigenvalue weighted by atomic mass is 19.1. The molecule has 1 heterocycles. The zero-order valence-electron chi connectivity index (χ0n) is 15.3. The Labute approximate surface area is 149 Å². The van der Waals surface area contributed by atoms with Crippen LogP contribution in [0.4, 0.5) is 4.39 Å². The van der Waals surface area contributed by atoms with E-state index in [4.69, 9.17) is 4.74 Å². The largest absolute Gasteiger partial charge is 0.377 e. The maximum atomic E-state index is 14.2. The molecular formula is C20H28FN3O. The number of rotatable bonds is 4. The molecule has 3 atom stereocenters. The first kappa shape index (κ1) is 16.8. The van der Waals surface area contributed by atoms with Gasteiger partial charge in [0, 0.05) is 43.0 Å². The predicted octanol–water partition coefficient (Wildman–Crippen LogP) is 2.84. The van der Waals surface area contributed by atoms with Gasteiger partial charge in [-0.25, -0.2) is 4.39 Å². The number of guanidine groups is 1. The number of benzene rings is 1. The predicted molar refractivity (Wildman–Crippen MR) is 97.2 cm³/mol. The van der Waals surface area contributed by atoms with Crippen molar-refractivity contribution in [1.29, 1.82) is 0 Å². The van der Waals surface area contributed by atoms with Crippen LogP contribution in [0.5, 0.6) is 0 Å². The molecule has 0 radical (unpaired) electrons. The van der Waals surface area contributed by atoms with Crippen LogP contribution in [0.15, 0.2) is 29.3 Å². The summed E-state index contributed by atoms with van der Waals surface area (Å²) in [6, 6.07) is 7.51. The maximum Gasteiger partial charge on any atom is 0.191 e. The van der Waals surface area contributed by atoms with Gasteiger partial charge in [0.05, 0.1) is 6.10 Å². The average Bonchev–Trinajstić information content (AvgIpc) is 3.24. The molecule has 1 aromatic carbocycles. The monoisotopic (exact) mass is 345 g/mol. The molecular weight excluding hydrogens is 317 g/mol. The molecule has 2 aliphatic carbocycles. The molecule has 25 heavy (non-hydrogen) atoms. The minimum atomic E-state index is -0.101. The lowest BCUT2D eigenvalue weighted by Gasteiger charge is -2.55. The average molecular weight is 345 g/mol. The summed E-state index contributed by atoms with van der Waals surface area (Å²) in [4.78, 5) is 4.40. The summed E-state index contributed by atoms with van der Waals surface area (Å²) >= 11 is 0. The quantitative estimate of drug-likeness (QED) is 0.652. The first-order chi connectivity index (χ1) is 12.0. The normalized spacial score (nSPS) is 31.8. The summed E-state index contributed by atoms with van der Waals surface area (Å²) in [5.41, 5.74) is 0.852. The zero-order chi connectivity index (χ0) is 17.7. The Balaban J connectivity index is 1.40. The van der Waals surface area contributed by atoms with Crippen LogP contribution in [0.25, 0.3) is 0 Å². The van der Waals surface area contributed by atoms with Gasteiger partial charge in [-0.1, -0.05) is 32.0 Å². The third kappa shape index (κ3) is 2.73. The fourth-order valence-corrected chi connectivity index (χ4v) is 4.80. The summed E-state index contributed by atoms with van der Waals surface area (Å²) in [6.45, 7) is 6.09. The molecule has 2 saturated carbocycles. The van der Waals surface area contributed by atoms with Crippen molar-refractivity contribution >= 4 is 5.96 Å². The molecule has 3 fully saturated rings. The van der Waals surface area contributed by atoms with Gasteiger partial charge in [0.1, 0.15) is 5.82 Å². The van der Waals surface area contributed by atoms with E-state index in [-0.39, 0.29) is 16.6 Å². The van der Waals surface area contributed by atoms with Crippen molar-refractivity contribution in [3.05, 3.63) is 35.6 Å². The topological polar surface area (TPSA) is 45.7 Å². The van der Waals surface area contributed by atoms with Gasteiger partial charge in [-0.3, -0.25) is 4.99 Å². The van der Waals surface area contributed by atoms with E-state index in [0.29, 0.717) is 24.6 Å². The van der Waals surface area contributed by atoms with Gasteiger partial charge in [0.15, 0.2) is 5.96 Å². The molecule has 1 aromatic rings. The van der Waals surface area contributed by atoms with Crippen molar-refractivity contribution in [2.45, 2.75) is 50.7 Å². The highest BCUT2D eigenvalue weighted by Gasteiger charge is 2.59. The summed E-state index contributed by atoms with van der Waals surface area (Å²) < 4.78 is 20.0. The van der Waals surface area contributed by atoms with E-state index in [0.717, 1.165) is 37.4 Å².